The molecule has 0 atom stereocenters. The Hall–Kier alpha value is -0.810. The Labute approximate surface area is 58.1 Å². The number of rotatable bonds is 0. The normalized spacial score (nSPS) is 4.33. The maximum atomic E-state index is 8.81. The highest BCUT2D eigenvalue weighted by Crippen LogP contribution is 1.56. The molecular weight excluding hydrogens is 112 g/mol. The molecule has 0 bridgehead atoms. The van der Waals surface area contributed by atoms with Crippen molar-refractivity contribution in [2.24, 2.45) is 0 Å². The van der Waals surface area contributed by atoms with Crippen molar-refractivity contribution in [3.8, 4) is 0 Å². The molecule has 0 fully saturated rings. The fraction of sp³-hybridized carbons (Fsp3) is 0.500. The summed E-state index contributed by atoms with van der Waals surface area (Å²) in [5, 5.41) is 0. The number of hydrogen-bond donors (Lipinski definition) is 0. The molecule has 0 radical (unpaired) electrons. The van der Waals surface area contributed by atoms with Crippen molar-refractivity contribution in [1.82, 2.24) is 0 Å². The fourth-order valence-electron chi connectivity index (χ4n) is 0. The first-order valence-corrected chi connectivity index (χ1v) is 2.93. The number of carbonyl (C=O) groups excluding carboxylic acids is 1. The number of aldehydes is 1. The molecule has 0 aromatic rings. The van der Waals surface area contributed by atoms with Crippen LogP contribution in [0, 0.1) is 0 Å². The van der Waals surface area contributed by atoms with Crippen LogP contribution in [0.15, 0.2) is 18.9 Å². The van der Waals surface area contributed by atoms with Crippen LogP contribution < -0.4 is 0 Å². The second-order valence-corrected chi connectivity index (χ2v) is 1.19. The minimum absolute atomic E-state index is 0.750. The molecule has 0 unspecified atom stereocenters. The molecule has 0 aliphatic carbocycles. The molecule has 1 nitrogen and oxygen atoms in total. The largest absolute Gasteiger partial charge is 0.304 e. The molecule has 0 aliphatic rings. The van der Waals surface area contributed by atoms with E-state index < -0.39 is 0 Å². The van der Waals surface area contributed by atoms with Crippen LogP contribution >= 0.6 is 0 Å². The molecule has 1 heteroatoms. The molecule has 0 rings (SSSR count). The lowest BCUT2D eigenvalue weighted by molar-refractivity contribution is -0.106. The summed E-state index contributed by atoms with van der Waals surface area (Å²) < 4.78 is 0. The van der Waals surface area contributed by atoms with Crippen molar-refractivity contribution in [3.63, 3.8) is 0 Å². The predicted molar refractivity (Wildman–Crippen MR) is 42.5 cm³/mol. The summed E-state index contributed by atoms with van der Waals surface area (Å²) in [6.45, 7) is 11.9. The third-order valence-corrected chi connectivity index (χ3v) is 0. The molecule has 54 valence electrons. The van der Waals surface area contributed by atoms with Gasteiger partial charge in [-0.15, -0.1) is 5.73 Å². The molecule has 0 heterocycles. The summed E-state index contributed by atoms with van der Waals surface area (Å²) >= 11 is 0. The lowest BCUT2D eigenvalue weighted by atomic mass is 10.6. The van der Waals surface area contributed by atoms with E-state index in [-0.39, 0.29) is 0 Å². The van der Waals surface area contributed by atoms with E-state index in [2.05, 4.69) is 32.7 Å². The summed E-state index contributed by atoms with van der Waals surface area (Å²) in [6, 6.07) is 0. The van der Waals surface area contributed by atoms with E-state index in [1.165, 1.54) is 13.3 Å². The van der Waals surface area contributed by atoms with Crippen LogP contribution in [-0.2, 0) is 4.79 Å². The zero-order valence-electron chi connectivity index (χ0n) is 6.61. The van der Waals surface area contributed by atoms with Gasteiger partial charge >= 0.3 is 0 Å². The molecule has 0 saturated heterocycles. The second kappa shape index (κ2) is 57.4. The Balaban J connectivity index is -0.0000000600. The lowest BCUT2D eigenvalue weighted by Gasteiger charge is -1.48. The van der Waals surface area contributed by atoms with Crippen LogP contribution in [0.4, 0.5) is 0 Å². The van der Waals surface area contributed by atoms with Crippen LogP contribution in [0.5, 0.6) is 0 Å². The molecule has 0 saturated carbocycles. The van der Waals surface area contributed by atoms with Gasteiger partial charge in [0.1, 0.15) is 6.29 Å². The maximum Gasteiger partial charge on any atom is 0.116 e. The second-order valence-electron chi connectivity index (χ2n) is 1.19. The first-order valence-electron chi connectivity index (χ1n) is 2.93. The Morgan fingerprint density at radius 1 is 1.44 bits per heavy atom. The van der Waals surface area contributed by atoms with Crippen molar-refractivity contribution in [1.29, 1.82) is 0 Å². The van der Waals surface area contributed by atoms with Gasteiger partial charge in [-0.1, -0.05) is 33.4 Å². The fourth-order valence-corrected chi connectivity index (χ4v) is 0. The van der Waals surface area contributed by atoms with Gasteiger partial charge in [-0.2, -0.15) is 0 Å². The van der Waals surface area contributed by atoms with E-state index in [1.807, 2.05) is 0 Å². The molecule has 0 N–H and O–H groups in total. The van der Waals surface area contributed by atoms with Gasteiger partial charge in [0.25, 0.3) is 0 Å². The predicted octanol–water partition coefficient (Wildman–Crippen LogP) is 2.58. The Morgan fingerprint density at radius 3 is 1.44 bits per heavy atom. The van der Waals surface area contributed by atoms with Crippen molar-refractivity contribution in [2.75, 3.05) is 0 Å². The van der Waals surface area contributed by atoms with E-state index in [9.17, 15) is 0 Å². The van der Waals surface area contributed by atoms with Gasteiger partial charge in [0, 0.05) is 0 Å². The molecule has 9 heavy (non-hydrogen) atoms. The van der Waals surface area contributed by atoms with Crippen molar-refractivity contribution >= 4 is 6.29 Å². The molecule has 0 spiro atoms. The molecular formula is C8H16O. The molecule has 0 aromatic heterocycles. The van der Waals surface area contributed by atoms with Crippen LogP contribution in [0.2, 0.25) is 0 Å². The Morgan fingerprint density at radius 2 is 1.44 bits per heavy atom. The zero-order chi connectivity index (χ0) is 8.12. The number of carbonyl (C=O) groups is 1. The van der Waals surface area contributed by atoms with Gasteiger partial charge in [-0.3, -0.25) is 0 Å². The zero-order valence-corrected chi connectivity index (χ0v) is 6.61. The van der Waals surface area contributed by atoms with E-state index in [1.54, 1.807) is 0 Å². The van der Waals surface area contributed by atoms with Gasteiger partial charge < -0.3 is 4.79 Å². The van der Waals surface area contributed by atoms with Crippen LogP contribution in [0.25, 0.3) is 0 Å². The summed E-state index contributed by atoms with van der Waals surface area (Å²) in [5.74, 6) is 0. The Kier molecular flexibility index (Phi) is 100. The van der Waals surface area contributed by atoms with Crippen LogP contribution in [-0.4, -0.2) is 6.29 Å². The minimum atomic E-state index is 0.750. The van der Waals surface area contributed by atoms with E-state index >= 15 is 0 Å². The van der Waals surface area contributed by atoms with E-state index in [0.29, 0.717) is 0 Å². The minimum Gasteiger partial charge on any atom is -0.304 e. The maximum absolute atomic E-state index is 8.81. The molecule has 0 aromatic carbocycles. The summed E-state index contributed by atoms with van der Waals surface area (Å²) in [7, 11) is 0. The first-order chi connectivity index (χ1) is 4.24. The highest BCUT2D eigenvalue weighted by atomic mass is 16.1. The van der Waals surface area contributed by atoms with Gasteiger partial charge in [-0.25, -0.2) is 0 Å². The summed E-state index contributed by atoms with van der Waals surface area (Å²) in [4.78, 5) is 8.81. The highest BCUT2D eigenvalue weighted by Gasteiger charge is 1.35. The van der Waals surface area contributed by atoms with E-state index in [0.717, 1.165) is 6.29 Å². The average Bonchev–Trinajstić information content (AvgIpc) is 1.70. The highest BCUT2D eigenvalue weighted by molar-refractivity contribution is 5.44. The number of hydrogen-bond acceptors (Lipinski definition) is 1. The van der Waals surface area contributed by atoms with Crippen molar-refractivity contribution in [2.45, 2.75) is 27.2 Å². The standard InChI is InChI=1S/C3H8.C3H4.C2H4O/c2*1-3-2;1-2-3/h3H2,1-2H3;1-2H2;2H,1H3. The third kappa shape index (κ3) is 295. The van der Waals surface area contributed by atoms with Gasteiger partial charge in [0.2, 0.25) is 0 Å². The third-order valence-electron chi connectivity index (χ3n) is 0. The van der Waals surface area contributed by atoms with Crippen LogP contribution in [0.1, 0.15) is 27.2 Å². The average molecular weight is 128 g/mol. The van der Waals surface area contributed by atoms with E-state index in [4.69, 9.17) is 4.79 Å². The summed E-state index contributed by atoms with van der Waals surface area (Å²) in [5.41, 5.74) is 2.25. The smallest absolute Gasteiger partial charge is 0.116 e. The topological polar surface area (TPSA) is 17.1 Å². The Bertz CT molecular complexity index is 59.0. The quantitative estimate of drug-likeness (QED) is 0.362. The summed E-state index contributed by atoms with van der Waals surface area (Å²) in [6.07, 6.45) is 2.00. The molecule has 0 amide bonds. The molecule has 0 aliphatic heterocycles. The monoisotopic (exact) mass is 128 g/mol. The first kappa shape index (κ1) is 15.7. The van der Waals surface area contributed by atoms with Gasteiger partial charge in [-0.05, 0) is 6.92 Å². The van der Waals surface area contributed by atoms with Gasteiger partial charge in [0.15, 0.2) is 0 Å². The van der Waals surface area contributed by atoms with Gasteiger partial charge in [0.05, 0.1) is 0 Å². The van der Waals surface area contributed by atoms with Crippen LogP contribution in [0.3, 0.4) is 0 Å². The van der Waals surface area contributed by atoms with Crippen molar-refractivity contribution < 1.29 is 4.79 Å². The van der Waals surface area contributed by atoms with Crippen molar-refractivity contribution in [3.05, 3.63) is 18.9 Å². The SMILES string of the molecule is C=C=C.CC=O.CCC. The lowest BCUT2D eigenvalue weighted by Crippen LogP contribution is -1.36.